The molecular weight excluding hydrogens is 292 g/mol. The van der Waals surface area contributed by atoms with Crippen LogP contribution in [0.1, 0.15) is 0 Å². The minimum atomic E-state index is -0.893. The Bertz CT molecular complexity index is 652. The van der Waals surface area contributed by atoms with E-state index in [-0.39, 0.29) is 5.75 Å². The average molecular weight is 306 g/mol. The molecule has 2 aromatic rings. The normalized spacial score (nSPS) is 15.2. The Hall–Kier alpha value is -2.35. The smallest absolute Gasteiger partial charge is 0.407 e. The Kier molecular flexibility index (Phi) is 3.61. The molecule has 1 aliphatic heterocycles. The third-order valence-electron chi connectivity index (χ3n) is 3.38. The first-order valence-corrected chi connectivity index (χ1v) is 7.27. The molecule has 21 heavy (non-hydrogen) atoms. The maximum absolute atomic E-state index is 10.9. The van der Waals surface area contributed by atoms with E-state index in [1.54, 1.807) is 18.2 Å². The van der Waals surface area contributed by atoms with Crippen molar-refractivity contribution < 1.29 is 15.0 Å². The lowest BCUT2D eigenvalue weighted by Crippen LogP contribution is -2.48. The van der Waals surface area contributed by atoms with Crippen LogP contribution in [0.3, 0.4) is 0 Å². The summed E-state index contributed by atoms with van der Waals surface area (Å²) in [6, 6.07) is 7.00. The second-order valence-electron chi connectivity index (χ2n) is 4.67. The minimum absolute atomic E-state index is 0.177. The molecule has 0 atom stereocenters. The summed E-state index contributed by atoms with van der Waals surface area (Å²) in [7, 11) is 0. The molecule has 0 aliphatic carbocycles. The van der Waals surface area contributed by atoms with Gasteiger partial charge in [0.05, 0.1) is 5.56 Å². The van der Waals surface area contributed by atoms with E-state index in [1.807, 2.05) is 11.0 Å². The van der Waals surface area contributed by atoms with Crippen molar-refractivity contribution in [3.8, 4) is 16.3 Å². The third kappa shape index (κ3) is 2.75. The standard InChI is InChI=1S/C13H14N4O3S/c18-10-4-2-1-3-9(10)11-14-12(15-21-11)16-5-7-17(8-6-16)13(19)20/h1-4,18H,5-8H2,(H,19,20). The number of rotatable bonds is 2. The van der Waals surface area contributed by atoms with Gasteiger partial charge in [0.15, 0.2) is 0 Å². The summed E-state index contributed by atoms with van der Waals surface area (Å²) in [4.78, 5) is 18.7. The van der Waals surface area contributed by atoms with Crippen molar-refractivity contribution in [1.29, 1.82) is 0 Å². The first-order chi connectivity index (χ1) is 10.1. The lowest BCUT2D eigenvalue weighted by Gasteiger charge is -2.32. The zero-order valence-electron chi connectivity index (χ0n) is 11.1. The van der Waals surface area contributed by atoms with Gasteiger partial charge in [-0.15, -0.1) is 0 Å². The van der Waals surface area contributed by atoms with Gasteiger partial charge in [0, 0.05) is 26.2 Å². The van der Waals surface area contributed by atoms with Crippen molar-refractivity contribution in [2.75, 3.05) is 31.1 Å². The summed E-state index contributed by atoms with van der Waals surface area (Å²) in [5.74, 6) is 0.763. The molecule has 8 heteroatoms. The van der Waals surface area contributed by atoms with Gasteiger partial charge in [-0.3, -0.25) is 0 Å². The van der Waals surface area contributed by atoms with Gasteiger partial charge in [0.25, 0.3) is 0 Å². The summed E-state index contributed by atoms with van der Waals surface area (Å²) < 4.78 is 4.31. The van der Waals surface area contributed by atoms with E-state index in [0.717, 1.165) is 0 Å². The molecule has 2 N–H and O–H groups in total. The quantitative estimate of drug-likeness (QED) is 0.878. The molecule has 110 valence electrons. The minimum Gasteiger partial charge on any atom is -0.507 e. The molecule has 0 unspecified atom stereocenters. The van der Waals surface area contributed by atoms with Gasteiger partial charge in [0.2, 0.25) is 5.95 Å². The highest BCUT2D eigenvalue weighted by molar-refractivity contribution is 7.09. The highest BCUT2D eigenvalue weighted by Crippen LogP contribution is 2.31. The van der Waals surface area contributed by atoms with Gasteiger partial charge in [0.1, 0.15) is 10.8 Å². The fraction of sp³-hybridized carbons (Fsp3) is 0.308. The molecule has 2 heterocycles. The number of phenolic OH excluding ortho intramolecular Hbond substituents is 1. The zero-order chi connectivity index (χ0) is 14.8. The molecule has 3 rings (SSSR count). The van der Waals surface area contributed by atoms with E-state index < -0.39 is 6.09 Å². The Morgan fingerprint density at radius 3 is 2.57 bits per heavy atom. The number of amides is 1. The van der Waals surface area contributed by atoms with Crippen LogP contribution in [-0.4, -0.2) is 56.7 Å². The lowest BCUT2D eigenvalue weighted by molar-refractivity contribution is 0.142. The molecule has 0 radical (unpaired) electrons. The number of aromatic nitrogens is 2. The van der Waals surface area contributed by atoms with Crippen LogP contribution in [0.25, 0.3) is 10.6 Å². The van der Waals surface area contributed by atoms with Crippen LogP contribution >= 0.6 is 11.5 Å². The number of anilines is 1. The monoisotopic (exact) mass is 306 g/mol. The summed E-state index contributed by atoms with van der Waals surface area (Å²) in [5.41, 5.74) is 0.658. The zero-order valence-corrected chi connectivity index (χ0v) is 12.0. The molecule has 1 aromatic carbocycles. The van der Waals surface area contributed by atoms with E-state index in [2.05, 4.69) is 9.36 Å². The molecule has 1 fully saturated rings. The topological polar surface area (TPSA) is 89.8 Å². The summed E-state index contributed by atoms with van der Waals surface area (Å²) >= 11 is 1.22. The van der Waals surface area contributed by atoms with E-state index in [1.165, 1.54) is 16.4 Å². The first-order valence-electron chi connectivity index (χ1n) is 6.50. The highest BCUT2D eigenvalue weighted by atomic mass is 32.1. The second-order valence-corrected chi connectivity index (χ2v) is 5.43. The van der Waals surface area contributed by atoms with Gasteiger partial charge in [-0.25, -0.2) is 4.79 Å². The van der Waals surface area contributed by atoms with Crippen molar-refractivity contribution in [1.82, 2.24) is 14.3 Å². The fourth-order valence-electron chi connectivity index (χ4n) is 2.21. The lowest BCUT2D eigenvalue weighted by atomic mass is 10.2. The van der Waals surface area contributed by atoms with E-state index in [0.29, 0.717) is 42.7 Å². The molecule has 1 aromatic heterocycles. The van der Waals surface area contributed by atoms with Crippen LogP contribution in [0, 0.1) is 0 Å². The average Bonchev–Trinajstić information content (AvgIpc) is 2.97. The second kappa shape index (κ2) is 5.57. The molecule has 0 saturated carbocycles. The van der Waals surface area contributed by atoms with Crippen LogP contribution in [0.4, 0.5) is 10.7 Å². The maximum Gasteiger partial charge on any atom is 0.407 e. The van der Waals surface area contributed by atoms with E-state index in [9.17, 15) is 9.90 Å². The molecule has 0 spiro atoms. The first kappa shape index (κ1) is 13.6. The molecule has 0 bridgehead atoms. The summed E-state index contributed by atoms with van der Waals surface area (Å²) in [6.07, 6.45) is -0.893. The molecule has 1 saturated heterocycles. The number of carbonyl (C=O) groups is 1. The molecule has 1 aliphatic rings. The summed E-state index contributed by atoms with van der Waals surface area (Å²) in [6.45, 7) is 2.04. The van der Waals surface area contributed by atoms with Crippen molar-refractivity contribution >= 4 is 23.6 Å². The number of piperazine rings is 1. The number of benzene rings is 1. The SMILES string of the molecule is O=C(O)N1CCN(c2nsc(-c3ccccc3O)n2)CC1. The Balaban J connectivity index is 1.74. The number of phenols is 1. The van der Waals surface area contributed by atoms with Crippen LogP contribution < -0.4 is 4.90 Å². The van der Waals surface area contributed by atoms with Gasteiger partial charge < -0.3 is 20.0 Å². The van der Waals surface area contributed by atoms with Crippen molar-refractivity contribution in [3.63, 3.8) is 0 Å². The van der Waals surface area contributed by atoms with Gasteiger partial charge >= 0.3 is 6.09 Å². The number of carboxylic acid groups (broad SMARTS) is 1. The van der Waals surface area contributed by atoms with Gasteiger partial charge in [-0.1, -0.05) is 12.1 Å². The van der Waals surface area contributed by atoms with Crippen molar-refractivity contribution in [2.45, 2.75) is 0 Å². The number of hydrogen-bond acceptors (Lipinski definition) is 6. The van der Waals surface area contributed by atoms with Crippen LogP contribution in [0.5, 0.6) is 5.75 Å². The molecule has 1 amide bonds. The Labute approximate surface area is 125 Å². The van der Waals surface area contributed by atoms with E-state index >= 15 is 0 Å². The predicted molar refractivity (Wildman–Crippen MR) is 78.8 cm³/mol. The van der Waals surface area contributed by atoms with Crippen LogP contribution in [0.15, 0.2) is 24.3 Å². The highest BCUT2D eigenvalue weighted by Gasteiger charge is 2.23. The van der Waals surface area contributed by atoms with Crippen molar-refractivity contribution in [3.05, 3.63) is 24.3 Å². The maximum atomic E-state index is 10.9. The molecular formula is C13H14N4O3S. The number of para-hydroxylation sites is 1. The van der Waals surface area contributed by atoms with Crippen LogP contribution in [-0.2, 0) is 0 Å². The third-order valence-corrected chi connectivity index (χ3v) is 4.12. The van der Waals surface area contributed by atoms with Crippen molar-refractivity contribution in [2.24, 2.45) is 0 Å². The number of hydrogen-bond donors (Lipinski definition) is 2. The van der Waals surface area contributed by atoms with Gasteiger partial charge in [-0.05, 0) is 23.7 Å². The van der Waals surface area contributed by atoms with E-state index in [4.69, 9.17) is 5.11 Å². The van der Waals surface area contributed by atoms with Crippen LogP contribution in [0.2, 0.25) is 0 Å². The van der Waals surface area contributed by atoms with Gasteiger partial charge in [-0.2, -0.15) is 9.36 Å². The Morgan fingerprint density at radius 2 is 1.90 bits per heavy atom. The summed E-state index contributed by atoms with van der Waals surface area (Å²) in [5, 5.41) is 19.4. The fourth-order valence-corrected chi connectivity index (χ4v) is 2.92. The number of aromatic hydroxyl groups is 1. The Morgan fingerprint density at radius 1 is 1.19 bits per heavy atom. The number of nitrogens with zero attached hydrogens (tertiary/aromatic N) is 4. The predicted octanol–water partition coefficient (Wildman–Crippen LogP) is 1.71. The largest absolute Gasteiger partial charge is 0.507 e. The molecule has 7 nitrogen and oxygen atoms in total.